The molecule has 0 bridgehead atoms. The van der Waals surface area contributed by atoms with Crippen LogP contribution in [-0.2, 0) is 0 Å². The van der Waals surface area contributed by atoms with Crippen LogP contribution in [0.2, 0.25) is 0 Å². The molecule has 0 spiro atoms. The minimum atomic E-state index is 0.675. The first-order valence-corrected chi connectivity index (χ1v) is 12.7. The highest BCUT2D eigenvalue weighted by Crippen LogP contribution is 2.33. The molecule has 0 saturated carbocycles. The zero-order chi connectivity index (χ0) is 25.7. The average Bonchev–Trinajstić information content (AvgIpc) is 3.02. The van der Waals surface area contributed by atoms with E-state index in [1.54, 1.807) is 0 Å². The van der Waals surface area contributed by atoms with E-state index in [-0.39, 0.29) is 0 Å². The molecule has 0 aliphatic carbocycles. The third-order valence-electron chi connectivity index (χ3n) is 6.96. The van der Waals surface area contributed by atoms with Crippen molar-refractivity contribution in [3.63, 3.8) is 0 Å². The van der Waals surface area contributed by atoms with Crippen molar-refractivity contribution in [3.05, 3.63) is 157 Å². The van der Waals surface area contributed by atoms with Crippen LogP contribution in [0, 0.1) is 11.3 Å². The van der Waals surface area contributed by atoms with E-state index < -0.39 is 0 Å². The quantitative estimate of drug-likeness (QED) is 0.239. The second kappa shape index (κ2) is 10.4. The van der Waals surface area contributed by atoms with Crippen molar-refractivity contribution < 1.29 is 0 Å². The van der Waals surface area contributed by atoms with Crippen molar-refractivity contribution in [2.75, 3.05) is 0 Å². The molecule has 0 aromatic heterocycles. The zero-order valence-corrected chi connectivity index (χ0v) is 20.9. The molecule has 0 radical (unpaired) electrons. The molecule has 0 aliphatic rings. The lowest BCUT2D eigenvalue weighted by atomic mass is 9.92. The topological polar surface area (TPSA) is 23.8 Å². The summed E-state index contributed by atoms with van der Waals surface area (Å²) in [6.45, 7) is 0. The normalized spacial score (nSPS) is 10.6. The Bertz CT molecular complexity index is 1720. The summed E-state index contributed by atoms with van der Waals surface area (Å²) < 4.78 is 0. The van der Waals surface area contributed by atoms with E-state index in [0.717, 1.165) is 33.4 Å². The number of rotatable bonds is 5. The first-order chi connectivity index (χ1) is 18.8. The van der Waals surface area contributed by atoms with E-state index in [4.69, 9.17) is 0 Å². The van der Waals surface area contributed by atoms with E-state index in [0.29, 0.717) is 5.56 Å². The number of hydrogen-bond donors (Lipinski definition) is 0. The van der Waals surface area contributed by atoms with E-state index in [2.05, 4.69) is 121 Å². The van der Waals surface area contributed by atoms with Gasteiger partial charge in [-0.2, -0.15) is 5.26 Å². The Morgan fingerprint density at radius 3 is 1.21 bits per heavy atom. The Morgan fingerprint density at radius 1 is 0.316 bits per heavy atom. The van der Waals surface area contributed by atoms with Crippen LogP contribution in [-0.4, -0.2) is 0 Å². The lowest BCUT2D eigenvalue weighted by molar-refractivity contribution is 1.47. The Hall–Kier alpha value is -5.19. The summed E-state index contributed by atoms with van der Waals surface area (Å²) in [7, 11) is 0. The van der Waals surface area contributed by atoms with Crippen molar-refractivity contribution >= 4 is 0 Å². The van der Waals surface area contributed by atoms with Gasteiger partial charge in [-0.05, 0) is 68.3 Å². The fourth-order valence-corrected chi connectivity index (χ4v) is 4.90. The number of hydrogen-bond acceptors (Lipinski definition) is 1. The standard InChI is InChI=1S/C37H25N/c38-26-36-23-22-34(25-37(36)35-13-7-12-33(24-35)28-10-5-2-6-11-28)32-20-18-31(19-21-32)30-16-14-29(15-17-30)27-8-3-1-4-9-27/h1-25H. The summed E-state index contributed by atoms with van der Waals surface area (Å²) >= 11 is 0. The van der Waals surface area contributed by atoms with Crippen LogP contribution in [0.15, 0.2) is 152 Å². The molecule has 0 atom stereocenters. The van der Waals surface area contributed by atoms with Gasteiger partial charge in [0.1, 0.15) is 0 Å². The van der Waals surface area contributed by atoms with Crippen molar-refractivity contribution in [2.24, 2.45) is 0 Å². The van der Waals surface area contributed by atoms with Gasteiger partial charge in [-0.3, -0.25) is 0 Å². The van der Waals surface area contributed by atoms with Gasteiger partial charge in [-0.15, -0.1) is 0 Å². The molecule has 38 heavy (non-hydrogen) atoms. The minimum Gasteiger partial charge on any atom is -0.192 e. The molecule has 0 N–H and O–H groups in total. The van der Waals surface area contributed by atoms with Gasteiger partial charge in [0.2, 0.25) is 0 Å². The Kier molecular flexibility index (Phi) is 6.37. The van der Waals surface area contributed by atoms with Crippen LogP contribution < -0.4 is 0 Å². The summed E-state index contributed by atoms with van der Waals surface area (Å²) in [4.78, 5) is 0. The van der Waals surface area contributed by atoms with Crippen molar-refractivity contribution in [1.29, 1.82) is 5.26 Å². The zero-order valence-electron chi connectivity index (χ0n) is 20.9. The van der Waals surface area contributed by atoms with Gasteiger partial charge < -0.3 is 0 Å². The number of nitrogens with zero attached hydrogens (tertiary/aromatic N) is 1. The molecule has 1 heteroatoms. The summed E-state index contributed by atoms with van der Waals surface area (Å²) in [5.41, 5.74) is 12.0. The van der Waals surface area contributed by atoms with Crippen LogP contribution in [0.3, 0.4) is 0 Å². The third-order valence-corrected chi connectivity index (χ3v) is 6.96. The maximum Gasteiger partial charge on any atom is 0.0998 e. The first kappa shape index (κ1) is 23.2. The molecule has 0 unspecified atom stereocenters. The second-order valence-corrected chi connectivity index (χ2v) is 9.34. The van der Waals surface area contributed by atoms with Crippen LogP contribution in [0.1, 0.15) is 5.56 Å². The minimum absolute atomic E-state index is 0.675. The summed E-state index contributed by atoms with van der Waals surface area (Å²) in [5.74, 6) is 0. The molecule has 6 aromatic carbocycles. The van der Waals surface area contributed by atoms with E-state index in [1.165, 1.54) is 22.3 Å². The van der Waals surface area contributed by atoms with Gasteiger partial charge in [-0.1, -0.05) is 133 Å². The van der Waals surface area contributed by atoms with E-state index >= 15 is 0 Å². The largest absolute Gasteiger partial charge is 0.192 e. The summed E-state index contributed by atoms with van der Waals surface area (Å²) in [6.07, 6.45) is 0. The lowest BCUT2D eigenvalue weighted by Crippen LogP contribution is -1.88. The second-order valence-electron chi connectivity index (χ2n) is 9.34. The Balaban J connectivity index is 1.30. The van der Waals surface area contributed by atoms with Gasteiger partial charge >= 0.3 is 0 Å². The van der Waals surface area contributed by atoms with Crippen LogP contribution in [0.5, 0.6) is 0 Å². The maximum atomic E-state index is 9.83. The molecular weight excluding hydrogens is 458 g/mol. The predicted molar refractivity (Wildman–Crippen MR) is 158 cm³/mol. The van der Waals surface area contributed by atoms with Crippen molar-refractivity contribution in [3.8, 4) is 61.7 Å². The summed E-state index contributed by atoms with van der Waals surface area (Å²) in [6, 6.07) is 55.0. The van der Waals surface area contributed by atoms with Crippen LogP contribution in [0.4, 0.5) is 0 Å². The fourth-order valence-electron chi connectivity index (χ4n) is 4.90. The molecular formula is C37H25N. The summed E-state index contributed by atoms with van der Waals surface area (Å²) in [5, 5.41) is 9.83. The monoisotopic (exact) mass is 483 g/mol. The van der Waals surface area contributed by atoms with Gasteiger partial charge in [0.15, 0.2) is 0 Å². The molecule has 0 saturated heterocycles. The SMILES string of the molecule is N#Cc1ccc(-c2ccc(-c3ccc(-c4ccccc4)cc3)cc2)cc1-c1cccc(-c2ccccc2)c1. The average molecular weight is 484 g/mol. The molecule has 6 aromatic rings. The third kappa shape index (κ3) is 4.76. The highest BCUT2D eigenvalue weighted by Gasteiger charge is 2.10. The van der Waals surface area contributed by atoms with Crippen molar-refractivity contribution in [1.82, 2.24) is 0 Å². The van der Waals surface area contributed by atoms with Gasteiger partial charge in [-0.25, -0.2) is 0 Å². The van der Waals surface area contributed by atoms with Gasteiger partial charge in [0.25, 0.3) is 0 Å². The molecule has 0 amide bonds. The fraction of sp³-hybridized carbons (Fsp3) is 0. The van der Waals surface area contributed by atoms with Crippen molar-refractivity contribution in [2.45, 2.75) is 0 Å². The highest BCUT2D eigenvalue weighted by atomic mass is 14.2. The van der Waals surface area contributed by atoms with Crippen LogP contribution in [0.25, 0.3) is 55.6 Å². The maximum absolute atomic E-state index is 9.83. The van der Waals surface area contributed by atoms with Crippen LogP contribution >= 0.6 is 0 Å². The smallest absolute Gasteiger partial charge is 0.0998 e. The Morgan fingerprint density at radius 2 is 0.684 bits per heavy atom. The predicted octanol–water partition coefficient (Wildman–Crippen LogP) is 9.89. The highest BCUT2D eigenvalue weighted by molar-refractivity contribution is 5.81. The molecule has 0 heterocycles. The van der Waals surface area contributed by atoms with Gasteiger partial charge in [0, 0.05) is 5.56 Å². The molecule has 6 rings (SSSR count). The number of benzene rings is 6. The lowest BCUT2D eigenvalue weighted by Gasteiger charge is -2.11. The van der Waals surface area contributed by atoms with E-state index in [9.17, 15) is 5.26 Å². The van der Waals surface area contributed by atoms with Gasteiger partial charge in [0.05, 0.1) is 11.6 Å². The molecule has 0 fully saturated rings. The van der Waals surface area contributed by atoms with E-state index in [1.807, 2.05) is 36.4 Å². The number of nitriles is 1. The molecule has 1 nitrogen and oxygen atoms in total. The molecule has 0 aliphatic heterocycles. The Labute approximate surface area is 223 Å². The first-order valence-electron chi connectivity index (χ1n) is 12.7. The molecule has 178 valence electrons.